The minimum absolute atomic E-state index is 0.136. The molecule has 3 rings (SSSR count). The highest BCUT2D eigenvalue weighted by Crippen LogP contribution is 2.35. The maximum Gasteiger partial charge on any atom is 0.334 e. The van der Waals surface area contributed by atoms with Gasteiger partial charge in [-0.05, 0) is 13.3 Å². The molecule has 0 saturated carbocycles. The van der Waals surface area contributed by atoms with E-state index in [1.54, 1.807) is 0 Å². The molecule has 20 heavy (non-hydrogen) atoms. The predicted molar refractivity (Wildman–Crippen MR) is 74.0 cm³/mol. The van der Waals surface area contributed by atoms with Crippen LogP contribution in [0.4, 0.5) is 0 Å². The fourth-order valence-electron chi connectivity index (χ4n) is 2.41. The fraction of sp³-hybridized carbons (Fsp3) is 0.250. The third kappa shape index (κ3) is 2.25. The molecule has 102 valence electrons. The summed E-state index contributed by atoms with van der Waals surface area (Å²) in [5.41, 5.74) is 2.18. The van der Waals surface area contributed by atoms with Crippen molar-refractivity contribution in [2.45, 2.75) is 25.4 Å². The summed E-state index contributed by atoms with van der Waals surface area (Å²) in [6.45, 7) is 5.67. The number of carbonyl (C=O) groups is 1. The molecule has 2 heterocycles. The van der Waals surface area contributed by atoms with Gasteiger partial charge in [-0.15, -0.1) is 0 Å². The van der Waals surface area contributed by atoms with Crippen LogP contribution in [0.25, 0.3) is 11.3 Å². The molecule has 1 saturated heterocycles. The Kier molecular flexibility index (Phi) is 3.14. The Balaban J connectivity index is 1.90. The number of ether oxygens (including phenoxy) is 1. The third-order valence-corrected chi connectivity index (χ3v) is 3.50. The molecule has 1 fully saturated rings. The average Bonchev–Trinajstić information content (AvgIpc) is 2.93. The second kappa shape index (κ2) is 4.96. The largest absolute Gasteiger partial charge is 0.459 e. The van der Waals surface area contributed by atoms with E-state index in [4.69, 9.17) is 9.26 Å². The lowest BCUT2D eigenvalue weighted by molar-refractivity contribution is -0.147. The highest BCUT2D eigenvalue weighted by Gasteiger charge is 2.33. The van der Waals surface area contributed by atoms with Crippen LogP contribution in [-0.4, -0.2) is 17.2 Å². The van der Waals surface area contributed by atoms with Gasteiger partial charge in [0.15, 0.2) is 0 Å². The number of rotatable bonds is 2. The molecule has 2 aromatic rings. The van der Waals surface area contributed by atoms with E-state index in [-0.39, 0.29) is 18.0 Å². The summed E-state index contributed by atoms with van der Waals surface area (Å²) < 4.78 is 10.5. The summed E-state index contributed by atoms with van der Waals surface area (Å²) in [4.78, 5) is 11.7. The van der Waals surface area contributed by atoms with E-state index < -0.39 is 0 Å². The summed E-state index contributed by atoms with van der Waals surface area (Å²) in [6.07, 6.45) is 0.539. The van der Waals surface area contributed by atoms with Gasteiger partial charge in [-0.2, -0.15) is 0 Å². The molecule has 0 aliphatic carbocycles. The van der Waals surface area contributed by atoms with E-state index in [0.29, 0.717) is 17.8 Å². The van der Waals surface area contributed by atoms with Crippen LogP contribution in [0, 0.1) is 0 Å². The first-order chi connectivity index (χ1) is 9.65. The Morgan fingerprint density at radius 2 is 2.05 bits per heavy atom. The van der Waals surface area contributed by atoms with Crippen molar-refractivity contribution in [1.29, 1.82) is 0 Å². The summed E-state index contributed by atoms with van der Waals surface area (Å²) in [5.74, 6) is 0.153. The van der Waals surface area contributed by atoms with Gasteiger partial charge in [-0.25, -0.2) is 4.79 Å². The molecule has 4 heteroatoms. The van der Waals surface area contributed by atoms with Gasteiger partial charge in [0.2, 0.25) is 0 Å². The van der Waals surface area contributed by atoms with Crippen LogP contribution in [0.2, 0.25) is 0 Å². The molecule has 1 aliphatic rings. The lowest BCUT2D eigenvalue weighted by Crippen LogP contribution is -2.28. The zero-order valence-electron chi connectivity index (χ0n) is 11.2. The minimum atomic E-state index is -0.355. The van der Waals surface area contributed by atoms with Gasteiger partial charge < -0.3 is 9.26 Å². The van der Waals surface area contributed by atoms with E-state index in [9.17, 15) is 4.79 Å². The van der Waals surface area contributed by atoms with Crippen LogP contribution in [0.5, 0.6) is 0 Å². The number of cyclic esters (lactones) is 1. The standard InChI is InChI=1S/C16H15NO3/c1-10-8-13(11(2)16(18)19-10)15-9-14(17-20-15)12-6-4-3-5-7-12/h3-7,9-10,13H,2,8H2,1H3. The van der Waals surface area contributed by atoms with Crippen molar-refractivity contribution in [1.82, 2.24) is 5.16 Å². The van der Waals surface area contributed by atoms with Gasteiger partial charge in [-0.1, -0.05) is 42.1 Å². The van der Waals surface area contributed by atoms with Crippen molar-refractivity contribution < 1.29 is 14.1 Å². The van der Waals surface area contributed by atoms with Crippen LogP contribution in [0.3, 0.4) is 0 Å². The molecular formula is C16H15NO3. The molecule has 1 aliphatic heterocycles. The molecule has 4 nitrogen and oxygen atoms in total. The lowest BCUT2D eigenvalue weighted by Gasteiger charge is -2.26. The number of hydrogen-bond donors (Lipinski definition) is 0. The molecular weight excluding hydrogens is 254 g/mol. The van der Waals surface area contributed by atoms with Crippen molar-refractivity contribution in [2.75, 3.05) is 0 Å². The predicted octanol–water partition coefficient (Wildman–Crippen LogP) is 3.32. The number of benzene rings is 1. The smallest absolute Gasteiger partial charge is 0.334 e. The molecule has 0 spiro atoms. The van der Waals surface area contributed by atoms with Crippen LogP contribution < -0.4 is 0 Å². The number of hydrogen-bond acceptors (Lipinski definition) is 4. The monoisotopic (exact) mass is 269 g/mol. The zero-order valence-corrected chi connectivity index (χ0v) is 11.2. The molecule has 2 unspecified atom stereocenters. The Morgan fingerprint density at radius 1 is 1.30 bits per heavy atom. The summed E-state index contributed by atoms with van der Waals surface area (Å²) in [5, 5.41) is 4.08. The number of aromatic nitrogens is 1. The van der Waals surface area contributed by atoms with E-state index >= 15 is 0 Å². The quantitative estimate of drug-likeness (QED) is 0.620. The van der Waals surface area contributed by atoms with Crippen LogP contribution in [0.1, 0.15) is 25.0 Å². The molecule has 0 bridgehead atoms. The normalized spacial score (nSPS) is 22.6. The Labute approximate surface area is 117 Å². The SMILES string of the molecule is C=C1C(=O)OC(C)CC1c1cc(-c2ccccc2)no1. The Bertz CT molecular complexity index is 645. The first-order valence-electron chi connectivity index (χ1n) is 6.57. The first-order valence-corrected chi connectivity index (χ1v) is 6.57. The molecule has 0 N–H and O–H groups in total. The highest BCUT2D eigenvalue weighted by molar-refractivity contribution is 5.90. The Hall–Kier alpha value is -2.36. The fourth-order valence-corrected chi connectivity index (χ4v) is 2.41. The Morgan fingerprint density at radius 3 is 2.80 bits per heavy atom. The number of esters is 1. The van der Waals surface area contributed by atoms with E-state index in [0.717, 1.165) is 11.3 Å². The van der Waals surface area contributed by atoms with Crippen LogP contribution in [0.15, 0.2) is 53.1 Å². The van der Waals surface area contributed by atoms with Gasteiger partial charge in [-0.3, -0.25) is 0 Å². The summed E-state index contributed by atoms with van der Waals surface area (Å²) in [7, 11) is 0. The minimum Gasteiger partial charge on any atom is -0.459 e. The molecule has 2 atom stereocenters. The van der Waals surface area contributed by atoms with Crippen molar-refractivity contribution >= 4 is 5.97 Å². The molecule has 0 radical (unpaired) electrons. The van der Waals surface area contributed by atoms with Gasteiger partial charge >= 0.3 is 5.97 Å². The van der Waals surface area contributed by atoms with Gasteiger partial charge in [0, 0.05) is 17.2 Å². The van der Waals surface area contributed by atoms with Crippen molar-refractivity contribution in [2.24, 2.45) is 0 Å². The number of carbonyl (C=O) groups excluding carboxylic acids is 1. The molecule has 1 aromatic heterocycles. The van der Waals surface area contributed by atoms with Crippen molar-refractivity contribution in [3.63, 3.8) is 0 Å². The van der Waals surface area contributed by atoms with Crippen molar-refractivity contribution in [3.05, 3.63) is 54.3 Å². The van der Waals surface area contributed by atoms with Crippen LogP contribution in [-0.2, 0) is 9.53 Å². The maximum atomic E-state index is 11.7. The second-order valence-electron chi connectivity index (χ2n) is 5.01. The topological polar surface area (TPSA) is 52.3 Å². The van der Waals surface area contributed by atoms with Gasteiger partial charge in [0.25, 0.3) is 0 Å². The molecule has 0 amide bonds. The number of nitrogens with zero attached hydrogens (tertiary/aromatic N) is 1. The zero-order chi connectivity index (χ0) is 14.1. The van der Waals surface area contributed by atoms with Crippen LogP contribution >= 0.6 is 0 Å². The van der Waals surface area contributed by atoms with Gasteiger partial charge in [0.05, 0.1) is 5.92 Å². The highest BCUT2D eigenvalue weighted by atomic mass is 16.5. The van der Waals surface area contributed by atoms with E-state index in [2.05, 4.69) is 11.7 Å². The summed E-state index contributed by atoms with van der Waals surface area (Å²) >= 11 is 0. The maximum absolute atomic E-state index is 11.7. The summed E-state index contributed by atoms with van der Waals surface area (Å²) in [6, 6.07) is 11.6. The molecule has 1 aromatic carbocycles. The van der Waals surface area contributed by atoms with Crippen molar-refractivity contribution in [3.8, 4) is 11.3 Å². The van der Waals surface area contributed by atoms with Gasteiger partial charge in [0.1, 0.15) is 17.6 Å². The van der Waals surface area contributed by atoms with E-state index in [1.807, 2.05) is 43.3 Å². The second-order valence-corrected chi connectivity index (χ2v) is 5.01. The lowest BCUT2D eigenvalue weighted by atomic mass is 9.89. The average molecular weight is 269 g/mol. The van der Waals surface area contributed by atoms with E-state index in [1.165, 1.54) is 0 Å². The first kappa shape index (κ1) is 12.7. The third-order valence-electron chi connectivity index (χ3n) is 3.50.